The third-order valence-electron chi connectivity index (χ3n) is 3.56. The third kappa shape index (κ3) is 2.40. The monoisotopic (exact) mass is 244 g/mol. The lowest BCUT2D eigenvalue weighted by Gasteiger charge is -2.17. The van der Waals surface area contributed by atoms with E-state index in [1.807, 2.05) is 14.0 Å². The average Bonchev–Trinajstić information content (AvgIpc) is 3.10. The number of hydrogen-bond donors (Lipinski definition) is 3. The van der Waals surface area contributed by atoms with Crippen molar-refractivity contribution in [3.63, 3.8) is 0 Å². The van der Waals surface area contributed by atoms with Crippen molar-refractivity contribution >= 4 is 11.0 Å². The van der Waals surface area contributed by atoms with Crippen molar-refractivity contribution in [2.24, 2.45) is 0 Å². The van der Waals surface area contributed by atoms with E-state index in [-0.39, 0.29) is 0 Å². The number of nitrogens with one attached hydrogen (secondary N) is 3. The first-order valence-corrected chi connectivity index (χ1v) is 6.63. The molecule has 4 nitrogen and oxygen atoms in total. The predicted molar refractivity (Wildman–Crippen MR) is 73.7 cm³/mol. The molecule has 0 radical (unpaired) electrons. The first-order valence-electron chi connectivity index (χ1n) is 6.63. The van der Waals surface area contributed by atoms with Gasteiger partial charge in [-0.1, -0.05) is 6.07 Å². The molecule has 0 saturated heterocycles. The zero-order valence-electron chi connectivity index (χ0n) is 11.0. The van der Waals surface area contributed by atoms with Gasteiger partial charge in [-0.05, 0) is 44.5 Å². The van der Waals surface area contributed by atoms with Gasteiger partial charge in [-0.15, -0.1) is 0 Å². The van der Waals surface area contributed by atoms with E-state index < -0.39 is 0 Å². The van der Waals surface area contributed by atoms with Gasteiger partial charge in [-0.3, -0.25) is 0 Å². The van der Waals surface area contributed by atoms with Crippen LogP contribution in [0, 0.1) is 6.92 Å². The number of fused-ring (bicyclic) bond motifs is 1. The second-order valence-corrected chi connectivity index (χ2v) is 5.12. The number of imidazole rings is 1. The van der Waals surface area contributed by atoms with Gasteiger partial charge < -0.3 is 15.6 Å². The predicted octanol–water partition coefficient (Wildman–Crippen LogP) is 1.88. The minimum absolute atomic E-state index is 0.360. The highest BCUT2D eigenvalue weighted by molar-refractivity contribution is 5.76. The van der Waals surface area contributed by atoms with Crippen LogP contribution in [-0.4, -0.2) is 29.6 Å². The number of aryl methyl sites for hydroxylation is 1. The number of aromatic amines is 1. The van der Waals surface area contributed by atoms with E-state index in [1.54, 1.807) is 0 Å². The molecule has 1 aromatic heterocycles. The maximum Gasteiger partial charge on any atom is 0.104 e. The molecule has 0 bridgehead atoms. The number of benzene rings is 1. The molecule has 1 aromatic carbocycles. The number of likely N-dealkylation sites (N-methyl/N-ethyl adjacent to an activating group) is 1. The van der Waals surface area contributed by atoms with E-state index in [1.165, 1.54) is 18.4 Å². The Bertz CT molecular complexity index is 542. The van der Waals surface area contributed by atoms with Gasteiger partial charge in [0.2, 0.25) is 0 Å². The lowest BCUT2D eigenvalue weighted by atomic mass is 10.1. The molecule has 4 heteroatoms. The number of H-pyrrole nitrogens is 1. The molecule has 1 heterocycles. The van der Waals surface area contributed by atoms with Crippen molar-refractivity contribution in [3.05, 3.63) is 29.6 Å². The van der Waals surface area contributed by atoms with Gasteiger partial charge in [0.1, 0.15) is 5.82 Å². The summed E-state index contributed by atoms with van der Waals surface area (Å²) in [6, 6.07) is 7.57. The number of aromatic nitrogens is 2. The molecular weight excluding hydrogens is 224 g/mol. The minimum atomic E-state index is 0.360. The third-order valence-corrected chi connectivity index (χ3v) is 3.56. The van der Waals surface area contributed by atoms with E-state index in [0.717, 1.165) is 29.4 Å². The molecule has 1 atom stereocenters. The second kappa shape index (κ2) is 4.71. The smallest absolute Gasteiger partial charge is 0.104 e. The fourth-order valence-electron chi connectivity index (χ4n) is 2.33. The molecule has 0 amide bonds. The quantitative estimate of drug-likeness (QED) is 0.753. The molecule has 3 N–H and O–H groups in total. The summed E-state index contributed by atoms with van der Waals surface area (Å²) in [5.74, 6) is 0.972. The molecule has 1 saturated carbocycles. The molecule has 2 aromatic rings. The summed E-state index contributed by atoms with van der Waals surface area (Å²) >= 11 is 0. The molecule has 0 aliphatic heterocycles. The Morgan fingerprint density at radius 3 is 3.00 bits per heavy atom. The van der Waals surface area contributed by atoms with E-state index in [4.69, 9.17) is 0 Å². The van der Waals surface area contributed by atoms with Crippen molar-refractivity contribution in [1.29, 1.82) is 0 Å². The van der Waals surface area contributed by atoms with Crippen molar-refractivity contribution in [2.75, 3.05) is 13.6 Å². The van der Waals surface area contributed by atoms with Crippen LogP contribution >= 0.6 is 0 Å². The molecule has 0 spiro atoms. The second-order valence-electron chi connectivity index (χ2n) is 5.12. The SMILES string of the molecule is CNC(CNC1CC1)c1ccc2nc(C)[nH]c2c1. The summed E-state index contributed by atoms with van der Waals surface area (Å²) in [6.45, 7) is 2.98. The van der Waals surface area contributed by atoms with Crippen LogP contribution in [0.5, 0.6) is 0 Å². The van der Waals surface area contributed by atoms with Crippen LogP contribution in [0.4, 0.5) is 0 Å². The van der Waals surface area contributed by atoms with Crippen molar-refractivity contribution in [3.8, 4) is 0 Å². The molecule has 1 aliphatic carbocycles. The van der Waals surface area contributed by atoms with Crippen molar-refractivity contribution in [1.82, 2.24) is 20.6 Å². The van der Waals surface area contributed by atoms with Gasteiger partial charge in [0.25, 0.3) is 0 Å². The van der Waals surface area contributed by atoms with Gasteiger partial charge in [-0.25, -0.2) is 4.98 Å². The van der Waals surface area contributed by atoms with Crippen LogP contribution in [0.1, 0.15) is 30.3 Å². The Labute approximate surface area is 107 Å². The standard InChI is InChI=1S/C14H20N4/c1-9-17-12-6-3-10(7-13(12)18-9)14(15-2)8-16-11-4-5-11/h3,6-7,11,14-16H,4-5,8H2,1-2H3,(H,17,18). The summed E-state index contributed by atoms with van der Waals surface area (Å²) < 4.78 is 0. The molecule has 18 heavy (non-hydrogen) atoms. The molecule has 1 aliphatic rings. The van der Waals surface area contributed by atoms with Gasteiger partial charge in [0.15, 0.2) is 0 Å². The fourth-order valence-corrected chi connectivity index (χ4v) is 2.33. The molecule has 1 fully saturated rings. The average molecular weight is 244 g/mol. The lowest BCUT2D eigenvalue weighted by Crippen LogP contribution is -2.30. The minimum Gasteiger partial charge on any atom is -0.342 e. The van der Waals surface area contributed by atoms with E-state index in [9.17, 15) is 0 Å². The van der Waals surface area contributed by atoms with E-state index >= 15 is 0 Å². The highest BCUT2D eigenvalue weighted by Crippen LogP contribution is 2.22. The first-order chi connectivity index (χ1) is 8.76. The van der Waals surface area contributed by atoms with Crippen LogP contribution < -0.4 is 10.6 Å². The molecule has 3 rings (SSSR count). The fraction of sp³-hybridized carbons (Fsp3) is 0.500. The Hall–Kier alpha value is -1.39. The number of hydrogen-bond acceptors (Lipinski definition) is 3. The van der Waals surface area contributed by atoms with Crippen molar-refractivity contribution < 1.29 is 0 Å². The zero-order valence-corrected chi connectivity index (χ0v) is 11.0. The van der Waals surface area contributed by atoms with Crippen LogP contribution in [0.15, 0.2) is 18.2 Å². The Morgan fingerprint density at radius 1 is 1.44 bits per heavy atom. The van der Waals surface area contributed by atoms with Crippen LogP contribution in [0.2, 0.25) is 0 Å². The maximum absolute atomic E-state index is 4.43. The summed E-state index contributed by atoms with van der Waals surface area (Å²) in [6.07, 6.45) is 2.66. The van der Waals surface area contributed by atoms with E-state index in [0.29, 0.717) is 6.04 Å². The van der Waals surface area contributed by atoms with Crippen LogP contribution in [-0.2, 0) is 0 Å². The van der Waals surface area contributed by atoms with E-state index in [2.05, 4.69) is 38.8 Å². The highest BCUT2D eigenvalue weighted by atomic mass is 15.0. The summed E-state index contributed by atoms with van der Waals surface area (Å²) in [5.41, 5.74) is 3.47. The molecule has 96 valence electrons. The highest BCUT2D eigenvalue weighted by Gasteiger charge is 2.22. The van der Waals surface area contributed by atoms with Crippen LogP contribution in [0.25, 0.3) is 11.0 Å². The van der Waals surface area contributed by atoms with Gasteiger partial charge in [0.05, 0.1) is 11.0 Å². The first kappa shape index (κ1) is 11.7. The number of rotatable bonds is 5. The van der Waals surface area contributed by atoms with Gasteiger partial charge >= 0.3 is 0 Å². The Kier molecular flexibility index (Phi) is 3.06. The zero-order chi connectivity index (χ0) is 12.5. The number of nitrogens with zero attached hydrogens (tertiary/aromatic N) is 1. The summed E-state index contributed by atoms with van der Waals surface area (Å²) in [5, 5.41) is 6.95. The topological polar surface area (TPSA) is 52.7 Å². The largest absolute Gasteiger partial charge is 0.342 e. The van der Waals surface area contributed by atoms with Gasteiger partial charge in [0, 0.05) is 18.6 Å². The van der Waals surface area contributed by atoms with Crippen LogP contribution in [0.3, 0.4) is 0 Å². The van der Waals surface area contributed by atoms with Gasteiger partial charge in [-0.2, -0.15) is 0 Å². The molecule has 1 unspecified atom stereocenters. The van der Waals surface area contributed by atoms with Crippen molar-refractivity contribution in [2.45, 2.75) is 31.8 Å². The Balaban J connectivity index is 1.80. The summed E-state index contributed by atoms with van der Waals surface area (Å²) in [4.78, 5) is 7.73. The Morgan fingerprint density at radius 2 is 2.28 bits per heavy atom. The molecular formula is C14H20N4. The normalized spacial score (nSPS) is 17.2. The summed E-state index contributed by atoms with van der Waals surface area (Å²) in [7, 11) is 2.02. The maximum atomic E-state index is 4.43. The lowest BCUT2D eigenvalue weighted by molar-refractivity contribution is 0.526.